The number of nitrogens with zero attached hydrogens (tertiary/aromatic N) is 2. The van der Waals surface area contributed by atoms with Crippen LogP contribution in [0.3, 0.4) is 0 Å². The Balaban J connectivity index is 1.69. The molecule has 1 aromatic carbocycles. The van der Waals surface area contributed by atoms with Crippen molar-refractivity contribution >= 4 is 33.4 Å². The number of thiazole rings is 1. The summed E-state index contributed by atoms with van der Waals surface area (Å²) in [7, 11) is 0. The number of amides is 2. The number of aromatic nitrogens is 2. The van der Waals surface area contributed by atoms with E-state index in [1.807, 2.05) is 29.1 Å². The second kappa shape index (κ2) is 8.11. The van der Waals surface area contributed by atoms with Crippen molar-refractivity contribution in [3.8, 4) is 5.13 Å². The van der Waals surface area contributed by atoms with Gasteiger partial charge >= 0.3 is 0 Å². The third kappa shape index (κ3) is 4.09. The van der Waals surface area contributed by atoms with Gasteiger partial charge in [-0.25, -0.2) is 4.98 Å². The fraction of sp³-hybridized carbons (Fsp3) is 0.278. The number of carbonyl (C=O) groups excluding carboxylic acids is 2. The summed E-state index contributed by atoms with van der Waals surface area (Å²) in [6, 6.07) is 8.49. The number of hydrogen-bond acceptors (Lipinski definition) is 5. The van der Waals surface area contributed by atoms with Crippen LogP contribution < -0.4 is 10.6 Å². The van der Waals surface area contributed by atoms with Crippen molar-refractivity contribution in [3.05, 3.63) is 48.3 Å². The Morgan fingerprint density at radius 1 is 1.31 bits per heavy atom. The van der Waals surface area contributed by atoms with Gasteiger partial charge in [-0.1, -0.05) is 11.3 Å². The second-order valence-electron chi connectivity index (χ2n) is 5.83. The molecule has 0 radical (unpaired) electrons. The number of hydrogen-bond donors (Lipinski definition) is 3. The highest BCUT2D eigenvalue weighted by Crippen LogP contribution is 2.26. The Hall–Kier alpha value is -2.71. The van der Waals surface area contributed by atoms with E-state index in [2.05, 4.69) is 15.6 Å². The van der Waals surface area contributed by atoms with E-state index in [1.165, 1.54) is 11.3 Å². The summed E-state index contributed by atoms with van der Waals surface area (Å²) in [5.41, 5.74) is 1.31. The normalized spacial score (nSPS) is 12.1. The molecule has 0 bridgehead atoms. The van der Waals surface area contributed by atoms with Gasteiger partial charge in [-0.15, -0.1) is 0 Å². The van der Waals surface area contributed by atoms with E-state index in [0.717, 1.165) is 15.3 Å². The number of fused-ring (bicyclic) bond motifs is 1. The van der Waals surface area contributed by atoms with Crippen LogP contribution in [0.15, 0.2) is 42.7 Å². The van der Waals surface area contributed by atoms with Gasteiger partial charge in [0.25, 0.3) is 5.91 Å². The first-order chi connectivity index (χ1) is 12.6. The maximum atomic E-state index is 12.4. The smallest absolute Gasteiger partial charge is 0.251 e. The summed E-state index contributed by atoms with van der Waals surface area (Å²) in [4.78, 5) is 28.9. The summed E-state index contributed by atoms with van der Waals surface area (Å²) in [6.45, 7) is 2.02. The quantitative estimate of drug-likeness (QED) is 0.550. The van der Waals surface area contributed by atoms with Gasteiger partial charge < -0.3 is 20.3 Å². The zero-order valence-corrected chi connectivity index (χ0v) is 15.1. The van der Waals surface area contributed by atoms with Crippen molar-refractivity contribution in [3.63, 3.8) is 0 Å². The van der Waals surface area contributed by atoms with Crippen molar-refractivity contribution in [2.45, 2.75) is 19.4 Å². The molecule has 7 nitrogen and oxygen atoms in total. The number of rotatable bonds is 7. The van der Waals surface area contributed by atoms with Gasteiger partial charge in [0.15, 0.2) is 5.13 Å². The van der Waals surface area contributed by atoms with Crippen LogP contribution in [0.1, 0.15) is 23.7 Å². The van der Waals surface area contributed by atoms with Gasteiger partial charge in [0.2, 0.25) is 5.91 Å². The average Bonchev–Trinajstić information content (AvgIpc) is 3.30. The van der Waals surface area contributed by atoms with Crippen LogP contribution in [-0.4, -0.2) is 45.7 Å². The molecule has 2 heterocycles. The second-order valence-corrected chi connectivity index (χ2v) is 6.84. The van der Waals surface area contributed by atoms with Crippen LogP contribution in [0.5, 0.6) is 0 Å². The molecule has 2 amide bonds. The maximum absolute atomic E-state index is 12.4. The van der Waals surface area contributed by atoms with E-state index in [4.69, 9.17) is 5.11 Å². The molecular weight excluding hydrogens is 352 g/mol. The minimum atomic E-state index is -0.659. The lowest BCUT2D eigenvalue weighted by Gasteiger charge is -2.14. The highest BCUT2D eigenvalue weighted by Gasteiger charge is 2.17. The fourth-order valence-corrected chi connectivity index (χ4v) is 3.39. The molecule has 0 aliphatic rings. The van der Waals surface area contributed by atoms with E-state index in [1.54, 1.807) is 25.1 Å². The Kier molecular flexibility index (Phi) is 5.65. The van der Waals surface area contributed by atoms with Gasteiger partial charge in [0, 0.05) is 31.1 Å². The van der Waals surface area contributed by atoms with Gasteiger partial charge in [0.1, 0.15) is 6.04 Å². The lowest BCUT2D eigenvalue weighted by atomic mass is 10.2. The molecular formula is C18H20N4O3S. The van der Waals surface area contributed by atoms with Gasteiger partial charge in [-0.2, -0.15) is 0 Å². The van der Waals surface area contributed by atoms with Crippen LogP contribution in [0, 0.1) is 0 Å². The third-order valence-corrected chi connectivity index (χ3v) is 4.87. The molecule has 2 aromatic heterocycles. The molecule has 3 aromatic rings. The standard InChI is InChI=1S/C18H20N4O3S/c1-12(16(24)19-7-4-10-23)20-17(25)13-5-6-14-15(11-13)26-18(21-14)22-8-2-3-9-22/h2-3,5-6,8-9,11-12,23H,4,7,10H2,1H3,(H,19,24)(H,20,25). The number of aliphatic hydroxyl groups excluding tert-OH is 1. The first kappa shape index (κ1) is 18.1. The molecule has 3 rings (SSSR count). The van der Waals surface area contributed by atoms with E-state index >= 15 is 0 Å². The lowest BCUT2D eigenvalue weighted by molar-refractivity contribution is -0.122. The Morgan fingerprint density at radius 3 is 2.81 bits per heavy atom. The summed E-state index contributed by atoms with van der Waals surface area (Å²) in [5, 5.41) is 14.9. The molecule has 8 heteroatoms. The molecule has 136 valence electrons. The van der Waals surface area contributed by atoms with Crippen molar-refractivity contribution < 1.29 is 14.7 Å². The van der Waals surface area contributed by atoms with Crippen LogP contribution in [-0.2, 0) is 4.79 Å². The number of aliphatic hydroxyl groups is 1. The molecule has 0 fully saturated rings. The van der Waals surface area contributed by atoms with Gasteiger partial charge in [-0.3, -0.25) is 9.59 Å². The molecule has 0 aliphatic heterocycles. The molecule has 3 N–H and O–H groups in total. The largest absolute Gasteiger partial charge is 0.396 e. The van der Waals surface area contributed by atoms with Crippen molar-refractivity contribution in [1.82, 2.24) is 20.2 Å². The number of benzene rings is 1. The maximum Gasteiger partial charge on any atom is 0.251 e. The molecule has 0 spiro atoms. The predicted octanol–water partition coefficient (Wildman–Crippen LogP) is 1.70. The minimum absolute atomic E-state index is 0.0148. The zero-order chi connectivity index (χ0) is 18.5. The Bertz CT molecular complexity index is 904. The SMILES string of the molecule is CC(NC(=O)c1ccc2nc(-n3cccc3)sc2c1)C(=O)NCCCO. The number of carbonyl (C=O) groups is 2. The van der Waals surface area contributed by atoms with Crippen molar-refractivity contribution in [1.29, 1.82) is 0 Å². The molecule has 1 atom stereocenters. The van der Waals surface area contributed by atoms with E-state index in [9.17, 15) is 9.59 Å². The van der Waals surface area contributed by atoms with Crippen molar-refractivity contribution in [2.75, 3.05) is 13.2 Å². The van der Waals surface area contributed by atoms with Gasteiger partial charge in [0.05, 0.1) is 10.2 Å². The van der Waals surface area contributed by atoms with Crippen LogP contribution in [0.2, 0.25) is 0 Å². The van der Waals surface area contributed by atoms with E-state index in [0.29, 0.717) is 18.5 Å². The summed E-state index contributed by atoms with van der Waals surface area (Å²) in [6.07, 6.45) is 4.32. The Morgan fingerprint density at radius 2 is 2.08 bits per heavy atom. The molecule has 26 heavy (non-hydrogen) atoms. The molecule has 0 saturated heterocycles. The highest BCUT2D eigenvalue weighted by molar-refractivity contribution is 7.20. The van der Waals surface area contributed by atoms with Gasteiger partial charge in [-0.05, 0) is 43.7 Å². The zero-order valence-electron chi connectivity index (χ0n) is 14.3. The minimum Gasteiger partial charge on any atom is -0.396 e. The van der Waals surface area contributed by atoms with Crippen LogP contribution in [0.4, 0.5) is 0 Å². The van der Waals surface area contributed by atoms with E-state index in [-0.39, 0.29) is 18.4 Å². The Labute approximate surface area is 154 Å². The molecule has 0 saturated carbocycles. The lowest BCUT2D eigenvalue weighted by Crippen LogP contribution is -2.45. The summed E-state index contributed by atoms with van der Waals surface area (Å²) in [5.74, 6) is -0.590. The first-order valence-corrected chi connectivity index (χ1v) is 9.13. The topological polar surface area (TPSA) is 96.2 Å². The highest BCUT2D eigenvalue weighted by atomic mass is 32.1. The summed E-state index contributed by atoms with van der Waals surface area (Å²) >= 11 is 1.49. The van der Waals surface area contributed by atoms with Crippen LogP contribution in [0.25, 0.3) is 15.3 Å². The van der Waals surface area contributed by atoms with Crippen LogP contribution >= 0.6 is 11.3 Å². The van der Waals surface area contributed by atoms with Crippen molar-refractivity contribution in [2.24, 2.45) is 0 Å². The third-order valence-electron chi connectivity index (χ3n) is 3.84. The predicted molar refractivity (Wildman–Crippen MR) is 101 cm³/mol. The first-order valence-electron chi connectivity index (χ1n) is 8.32. The monoisotopic (exact) mass is 372 g/mol. The molecule has 0 aliphatic carbocycles. The molecule has 1 unspecified atom stereocenters. The summed E-state index contributed by atoms with van der Waals surface area (Å²) < 4.78 is 2.82. The van der Waals surface area contributed by atoms with E-state index < -0.39 is 6.04 Å². The average molecular weight is 372 g/mol. The fourth-order valence-electron chi connectivity index (χ4n) is 2.42. The number of nitrogens with one attached hydrogen (secondary N) is 2.